The molecule has 0 aliphatic rings. The highest BCUT2D eigenvalue weighted by atomic mass is 35.5. The van der Waals surface area contributed by atoms with E-state index in [1.807, 2.05) is 0 Å². The largest absolute Gasteiger partial charge is 0.397 e. The average molecular weight is 230 g/mol. The molecule has 0 saturated heterocycles. The molecule has 82 valence electrons. The van der Waals surface area contributed by atoms with Crippen LogP contribution in [0.3, 0.4) is 0 Å². The summed E-state index contributed by atoms with van der Waals surface area (Å²) in [6.07, 6.45) is -1.25. The smallest absolute Gasteiger partial charge is 0.248 e. The zero-order valence-electron chi connectivity index (χ0n) is 7.90. The third-order valence-corrected chi connectivity index (χ3v) is 2.06. The number of aliphatic hydroxyl groups is 1. The normalized spacial score (nSPS) is 12.1. The van der Waals surface area contributed by atoms with E-state index in [1.165, 1.54) is 0 Å². The van der Waals surface area contributed by atoms with Crippen molar-refractivity contribution in [2.45, 2.75) is 6.10 Å². The maximum absolute atomic E-state index is 10.5. The molecule has 5 nitrogen and oxygen atoms in total. The first-order valence-electron chi connectivity index (χ1n) is 4.27. The summed E-state index contributed by atoms with van der Waals surface area (Å²) in [5.74, 6) is -0.789. The predicted octanol–water partition coefficient (Wildman–Crippen LogP) is 0.180. The number of carbonyl (C=O) groups is 1. The Bertz CT molecular complexity index is 370. The number of benzene rings is 1. The van der Waals surface area contributed by atoms with Crippen LogP contribution in [0.25, 0.3) is 0 Å². The van der Waals surface area contributed by atoms with Gasteiger partial charge in [-0.15, -0.1) is 0 Å². The van der Waals surface area contributed by atoms with E-state index in [1.54, 1.807) is 18.2 Å². The molecule has 6 N–H and O–H groups in total. The second-order valence-electron chi connectivity index (χ2n) is 3.03. The fourth-order valence-electron chi connectivity index (χ4n) is 0.989. The fraction of sp³-hybridized carbons (Fsp3) is 0.222. The van der Waals surface area contributed by atoms with Crippen molar-refractivity contribution in [1.29, 1.82) is 0 Å². The number of nitrogen functional groups attached to an aromatic ring is 1. The van der Waals surface area contributed by atoms with Crippen LogP contribution >= 0.6 is 11.6 Å². The van der Waals surface area contributed by atoms with Crippen molar-refractivity contribution in [3.05, 3.63) is 23.2 Å². The van der Waals surface area contributed by atoms with Gasteiger partial charge in [-0.3, -0.25) is 4.79 Å². The number of hydrogen-bond acceptors (Lipinski definition) is 4. The molecule has 0 aliphatic heterocycles. The fourth-order valence-corrected chi connectivity index (χ4v) is 1.16. The number of hydrogen-bond donors (Lipinski definition) is 4. The highest BCUT2D eigenvalue weighted by Gasteiger charge is 2.10. The van der Waals surface area contributed by atoms with Crippen LogP contribution in [0, 0.1) is 0 Å². The SMILES string of the molecule is NC(=O)C(O)CNc1cc(Cl)ccc1N. The summed E-state index contributed by atoms with van der Waals surface area (Å²) >= 11 is 5.74. The van der Waals surface area contributed by atoms with Crippen LogP contribution in [0.2, 0.25) is 5.02 Å². The minimum Gasteiger partial charge on any atom is -0.397 e. The highest BCUT2D eigenvalue weighted by Crippen LogP contribution is 2.22. The molecule has 0 fully saturated rings. The van der Waals surface area contributed by atoms with Crippen LogP contribution in [0.1, 0.15) is 0 Å². The van der Waals surface area contributed by atoms with E-state index in [9.17, 15) is 4.79 Å². The van der Waals surface area contributed by atoms with Gasteiger partial charge in [-0.1, -0.05) is 11.6 Å². The average Bonchev–Trinajstić information content (AvgIpc) is 2.18. The molecule has 1 aromatic rings. The van der Waals surface area contributed by atoms with E-state index in [2.05, 4.69) is 5.32 Å². The summed E-state index contributed by atoms with van der Waals surface area (Å²) in [4.78, 5) is 10.5. The van der Waals surface area contributed by atoms with E-state index in [0.29, 0.717) is 16.4 Å². The minimum absolute atomic E-state index is 0.000123. The van der Waals surface area contributed by atoms with Crippen LogP contribution in [0.5, 0.6) is 0 Å². The van der Waals surface area contributed by atoms with Crippen molar-refractivity contribution in [1.82, 2.24) is 0 Å². The number of nitrogens with two attached hydrogens (primary N) is 2. The van der Waals surface area contributed by atoms with Gasteiger partial charge >= 0.3 is 0 Å². The van der Waals surface area contributed by atoms with Gasteiger partial charge in [0.15, 0.2) is 0 Å². The molecule has 0 radical (unpaired) electrons. The molecule has 0 aliphatic carbocycles. The van der Waals surface area contributed by atoms with Crippen LogP contribution in [0.15, 0.2) is 18.2 Å². The van der Waals surface area contributed by atoms with Gasteiger partial charge in [0.25, 0.3) is 0 Å². The molecular weight excluding hydrogens is 218 g/mol. The Labute approximate surface area is 92.0 Å². The van der Waals surface area contributed by atoms with Crippen LogP contribution in [-0.4, -0.2) is 23.7 Å². The summed E-state index contributed by atoms with van der Waals surface area (Å²) in [7, 11) is 0. The van der Waals surface area contributed by atoms with Crippen LogP contribution < -0.4 is 16.8 Å². The zero-order chi connectivity index (χ0) is 11.4. The molecule has 1 rings (SSSR count). The first-order chi connectivity index (χ1) is 7.00. The molecule has 1 unspecified atom stereocenters. The number of carbonyl (C=O) groups excluding carboxylic acids is 1. The number of aliphatic hydroxyl groups excluding tert-OH is 1. The Morgan fingerprint density at radius 2 is 2.27 bits per heavy atom. The summed E-state index contributed by atoms with van der Waals surface area (Å²) in [6, 6.07) is 4.87. The molecule has 0 bridgehead atoms. The number of amides is 1. The zero-order valence-corrected chi connectivity index (χ0v) is 8.66. The summed E-state index contributed by atoms with van der Waals surface area (Å²) in [5, 5.41) is 12.4. The lowest BCUT2D eigenvalue weighted by Crippen LogP contribution is -2.34. The van der Waals surface area contributed by atoms with E-state index < -0.39 is 12.0 Å². The van der Waals surface area contributed by atoms with Gasteiger partial charge in [0.1, 0.15) is 6.10 Å². The monoisotopic (exact) mass is 229 g/mol. The van der Waals surface area contributed by atoms with Crippen molar-refractivity contribution < 1.29 is 9.90 Å². The Kier molecular flexibility index (Phi) is 3.76. The van der Waals surface area contributed by atoms with E-state index in [0.717, 1.165) is 0 Å². The molecule has 1 atom stereocenters. The first-order valence-corrected chi connectivity index (χ1v) is 4.65. The minimum atomic E-state index is -1.25. The summed E-state index contributed by atoms with van der Waals surface area (Å²) in [5.41, 5.74) is 11.6. The number of rotatable bonds is 4. The third kappa shape index (κ3) is 3.30. The van der Waals surface area contributed by atoms with Crippen molar-refractivity contribution in [2.75, 3.05) is 17.6 Å². The second-order valence-corrected chi connectivity index (χ2v) is 3.47. The lowest BCUT2D eigenvalue weighted by atomic mass is 10.2. The van der Waals surface area contributed by atoms with Gasteiger partial charge in [0.2, 0.25) is 5.91 Å². The van der Waals surface area contributed by atoms with Crippen molar-refractivity contribution in [2.24, 2.45) is 5.73 Å². The molecule has 0 saturated carbocycles. The number of anilines is 2. The van der Waals surface area contributed by atoms with Gasteiger partial charge in [-0.2, -0.15) is 0 Å². The van der Waals surface area contributed by atoms with Crippen LogP contribution in [0.4, 0.5) is 11.4 Å². The Balaban J connectivity index is 2.65. The quantitative estimate of drug-likeness (QED) is 0.553. The lowest BCUT2D eigenvalue weighted by molar-refractivity contribution is -0.125. The number of nitrogens with one attached hydrogen (secondary N) is 1. The van der Waals surface area contributed by atoms with Crippen molar-refractivity contribution in [3.63, 3.8) is 0 Å². The standard InChI is InChI=1S/C9H12ClN3O2/c10-5-1-2-6(11)7(3-5)13-4-8(14)9(12)15/h1-3,8,13-14H,4,11H2,(H2,12,15). The number of primary amides is 1. The van der Waals surface area contributed by atoms with Crippen molar-refractivity contribution in [3.8, 4) is 0 Å². The molecule has 1 aromatic carbocycles. The summed E-state index contributed by atoms with van der Waals surface area (Å²) in [6.45, 7) is -0.000123. The highest BCUT2D eigenvalue weighted by molar-refractivity contribution is 6.31. The lowest BCUT2D eigenvalue weighted by Gasteiger charge is -2.11. The first kappa shape index (κ1) is 11.6. The molecule has 1 amide bonds. The Morgan fingerprint density at radius 1 is 1.60 bits per heavy atom. The third-order valence-electron chi connectivity index (χ3n) is 1.83. The van der Waals surface area contributed by atoms with Crippen molar-refractivity contribution >= 4 is 28.9 Å². The molecule has 15 heavy (non-hydrogen) atoms. The number of halogens is 1. The Morgan fingerprint density at radius 3 is 2.87 bits per heavy atom. The van der Waals surface area contributed by atoms with E-state index in [4.69, 9.17) is 28.2 Å². The molecule has 0 heterocycles. The maximum Gasteiger partial charge on any atom is 0.248 e. The van der Waals surface area contributed by atoms with Gasteiger partial charge in [-0.25, -0.2) is 0 Å². The molecule has 0 spiro atoms. The van der Waals surface area contributed by atoms with Gasteiger partial charge in [0, 0.05) is 11.6 Å². The summed E-state index contributed by atoms with van der Waals surface area (Å²) < 4.78 is 0. The predicted molar refractivity (Wildman–Crippen MR) is 59.6 cm³/mol. The van der Waals surface area contributed by atoms with E-state index in [-0.39, 0.29) is 6.54 Å². The van der Waals surface area contributed by atoms with Gasteiger partial charge < -0.3 is 21.9 Å². The Hall–Kier alpha value is -1.46. The van der Waals surface area contributed by atoms with Crippen LogP contribution in [-0.2, 0) is 4.79 Å². The molecular formula is C9H12ClN3O2. The maximum atomic E-state index is 10.5. The van der Waals surface area contributed by atoms with Gasteiger partial charge in [-0.05, 0) is 18.2 Å². The second kappa shape index (κ2) is 4.86. The topological polar surface area (TPSA) is 101 Å². The van der Waals surface area contributed by atoms with Gasteiger partial charge in [0.05, 0.1) is 11.4 Å². The molecule has 0 aromatic heterocycles. The molecule has 6 heteroatoms. The van der Waals surface area contributed by atoms with E-state index >= 15 is 0 Å².